The third-order valence-corrected chi connectivity index (χ3v) is 4.90. The molecule has 8 heteroatoms. The monoisotopic (exact) mass is 415 g/mol. The molecule has 30 heavy (non-hydrogen) atoms. The van der Waals surface area contributed by atoms with E-state index in [1.807, 2.05) is 4.90 Å². The van der Waals surface area contributed by atoms with Gasteiger partial charge in [0, 0.05) is 30.1 Å². The number of ether oxygens (including phenoxy) is 3. The first-order valence-corrected chi connectivity index (χ1v) is 10.0. The molecule has 0 bridgehead atoms. The van der Waals surface area contributed by atoms with E-state index in [0.717, 1.165) is 25.9 Å². The molecule has 0 radical (unpaired) electrons. The van der Waals surface area contributed by atoms with Crippen molar-refractivity contribution in [3.63, 3.8) is 0 Å². The summed E-state index contributed by atoms with van der Waals surface area (Å²) < 4.78 is 16.2. The lowest BCUT2D eigenvalue weighted by Crippen LogP contribution is -2.32. The number of amides is 2. The van der Waals surface area contributed by atoms with Crippen LogP contribution in [0.15, 0.2) is 18.3 Å². The molecule has 2 amide bonds. The lowest BCUT2D eigenvalue weighted by Gasteiger charge is -2.20. The fourth-order valence-electron chi connectivity index (χ4n) is 3.49. The van der Waals surface area contributed by atoms with Gasteiger partial charge in [-0.1, -0.05) is 0 Å². The maximum absolute atomic E-state index is 13.1. The van der Waals surface area contributed by atoms with Gasteiger partial charge in [-0.3, -0.25) is 9.78 Å². The normalized spacial score (nSPS) is 14.0. The Morgan fingerprint density at radius 2 is 1.67 bits per heavy atom. The Kier molecular flexibility index (Phi) is 6.34. The summed E-state index contributed by atoms with van der Waals surface area (Å²) >= 11 is 0. The molecule has 1 aromatic carbocycles. The van der Waals surface area contributed by atoms with Crippen molar-refractivity contribution in [3.05, 3.63) is 29.6 Å². The number of carbonyl (C=O) groups excluding carboxylic acids is 2. The second kappa shape index (κ2) is 8.77. The fourth-order valence-corrected chi connectivity index (χ4v) is 3.49. The zero-order chi connectivity index (χ0) is 21.9. The zero-order valence-electron chi connectivity index (χ0n) is 18.2. The Bertz CT molecular complexity index is 946. The summed E-state index contributed by atoms with van der Waals surface area (Å²) in [5, 5.41) is 4.15. The van der Waals surface area contributed by atoms with E-state index in [4.69, 9.17) is 14.2 Å². The Morgan fingerprint density at radius 3 is 2.23 bits per heavy atom. The topological polar surface area (TPSA) is 90.0 Å². The zero-order valence-corrected chi connectivity index (χ0v) is 18.2. The van der Waals surface area contributed by atoms with Crippen molar-refractivity contribution in [2.75, 3.05) is 27.3 Å². The molecule has 3 rings (SSSR count). The van der Waals surface area contributed by atoms with Gasteiger partial charge in [0.05, 0.1) is 32.0 Å². The predicted molar refractivity (Wildman–Crippen MR) is 113 cm³/mol. The SMILES string of the molecule is COc1cc2c(C(=O)N3CCCC3)cnc(CNC(=O)OC(C)(C)C)c2cc1OC. The minimum absolute atomic E-state index is 0.0520. The molecule has 0 atom stereocenters. The number of hydrogen-bond donors (Lipinski definition) is 1. The summed E-state index contributed by atoms with van der Waals surface area (Å²) in [5.74, 6) is 0.998. The third-order valence-electron chi connectivity index (χ3n) is 4.90. The van der Waals surface area contributed by atoms with Crippen LogP contribution in [0.4, 0.5) is 4.79 Å². The van der Waals surface area contributed by atoms with Gasteiger partial charge < -0.3 is 24.4 Å². The highest BCUT2D eigenvalue weighted by molar-refractivity contribution is 6.08. The van der Waals surface area contributed by atoms with Gasteiger partial charge in [0.25, 0.3) is 5.91 Å². The second-order valence-electron chi connectivity index (χ2n) is 8.23. The van der Waals surface area contributed by atoms with Crippen molar-refractivity contribution in [3.8, 4) is 11.5 Å². The minimum Gasteiger partial charge on any atom is -0.493 e. The molecule has 0 spiro atoms. The minimum atomic E-state index is -0.595. The predicted octanol–water partition coefficient (Wildman–Crippen LogP) is 3.51. The lowest BCUT2D eigenvalue weighted by molar-refractivity contribution is 0.0522. The highest BCUT2D eigenvalue weighted by Gasteiger charge is 2.24. The van der Waals surface area contributed by atoms with Gasteiger partial charge in [-0.25, -0.2) is 4.79 Å². The molecule has 2 aromatic rings. The van der Waals surface area contributed by atoms with Gasteiger partial charge in [0.2, 0.25) is 0 Å². The summed E-state index contributed by atoms with van der Waals surface area (Å²) in [6.45, 7) is 7.05. The molecule has 1 N–H and O–H groups in total. The van der Waals surface area contributed by atoms with Crippen LogP contribution in [-0.4, -0.2) is 54.8 Å². The van der Waals surface area contributed by atoms with E-state index < -0.39 is 11.7 Å². The van der Waals surface area contributed by atoms with E-state index in [-0.39, 0.29) is 12.5 Å². The molecule has 0 aliphatic carbocycles. The fraction of sp³-hybridized carbons (Fsp3) is 0.500. The van der Waals surface area contributed by atoms with Gasteiger partial charge in [-0.05, 0) is 45.7 Å². The van der Waals surface area contributed by atoms with Crippen LogP contribution in [0.5, 0.6) is 11.5 Å². The molecule has 1 fully saturated rings. The number of methoxy groups -OCH3 is 2. The molecule has 2 heterocycles. The standard InChI is InChI=1S/C22H29N3O5/c1-22(2,3)30-21(27)24-13-17-15-11-19(29-5)18(28-4)10-14(15)16(12-23-17)20(26)25-8-6-7-9-25/h10-12H,6-9,13H2,1-5H3,(H,24,27). The number of alkyl carbamates (subject to hydrolysis) is 1. The van der Waals surface area contributed by atoms with E-state index in [2.05, 4.69) is 10.3 Å². The van der Waals surface area contributed by atoms with Crippen LogP contribution in [0.2, 0.25) is 0 Å². The molecule has 1 saturated heterocycles. The Labute approximate surface area is 176 Å². The number of nitrogens with one attached hydrogen (secondary N) is 1. The Hall–Kier alpha value is -3.03. The molecule has 162 valence electrons. The molecule has 1 aliphatic heterocycles. The number of benzene rings is 1. The smallest absolute Gasteiger partial charge is 0.407 e. The van der Waals surface area contributed by atoms with Crippen LogP contribution in [0.25, 0.3) is 10.8 Å². The summed E-state index contributed by atoms with van der Waals surface area (Å²) in [5.41, 5.74) is 0.519. The number of hydrogen-bond acceptors (Lipinski definition) is 6. The average molecular weight is 415 g/mol. The van der Waals surface area contributed by atoms with Crippen molar-refractivity contribution >= 4 is 22.8 Å². The van der Waals surface area contributed by atoms with Gasteiger partial charge in [0.15, 0.2) is 11.5 Å². The van der Waals surface area contributed by atoms with Crippen LogP contribution in [-0.2, 0) is 11.3 Å². The van der Waals surface area contributed by atoms with Crippen LogP contribution < -0.4 is 14.8 Å². The van der Waals surface area contributed by atoms with Gasteiger partial charge in [0.1, 0.15) is 5.60 Å². The van der Waals surface area contributed by atoms with Gasteiger partial charge in [-0.15, -0.1) is 0 Å². The van der Waals surface area contributed by atoms with Crippen molar-refractivity contribution in [2.45, 2.75) is 45.8 Å². The molecule has 0 unspecified atom stereocenters. The van der Waals surface area contributed by atoms with Gasteiger partial charge in [-0.2, -0.15) is 0 Å². The summed E-state index contributed by atoms with van der Waals surface area (Å²) in [4.78, 5) is 31.5. The number of rotatable bonds is 5. The van der Waals surface area contributed by atoms with E-state index >= 15 is 0 Å². The number of pyridine rings is 1. The van der Waals surface area contributed by atoms with Crippen LogP contribution in [0, 0.1) is 0 Å². The first-order valence-electron chi connectivity index (χ1n) is 10.0. The van der Waals surface area contributed by atoms with E-state index in [1.165, 1.54) is 0 Å². The number of fused-ring (bicyclic) bond motifs is 1. The number of nitrogens with zero attached hydrogens (tertiary/aromatic N) is 2. The molecule has 1 aliphatic rings. The third kappa shape index (κ3) is 4.75. The van der Waals surface area contributed by atoms with Crippen LogP contribution in [0.3, 0.4) is 0 Å². The van der Waals surface area contributed by atoms with E-state index in [9.17, 15) is 9.59 Å². The first kappa shape index (κ1) is 21.7. The van der Waals surface area contributed by atoms with E-state index in [1.54, 1.807) is 53.3 Å². The number of aromatic nitrogens is 1. The van der Waals surface area contributed by atoms with E-state index in [0.29, 0.717) is 33.5 Å². The molecule has 0 saturated carbocycles. The first-order chi connectivity index (χ1) is 14.2. The Balaban J connectivity index is 2.00. The molecular weight excluding hydrogens is 386 g/mol. The number of carbonyl (C=O) groups is 2. The summed E-state index contributed by atoms with van der Waals surface area (Å²) in [7, 11) is 3.10. The van der Waals surface area contributed by atoms with Crippen molar-refractivity contribution in [2.24, 2.45) is 0 Å². The highest BCUT2D eigenvalue weighted by Crippen LogP contribution is 2.35. The molecule has 1 aromatic heterocycles. The maximum Gasteiger partial charge on any atom is 0.407 e. The van der Waals surface area contributed by atoms with Crippen LogP contribution in [0.1, 0.15) is 49.7 Å². The van der Waals surface area contributed by atoms with Crippen molar-refractivity contribution in [1.82, 2.24) is 15.2 Å². The number of likely N-dealkylation sites (tertiary alicyclic amines) is 1. The second-order valence-corrected chi connectivity index (χ2v) is 8.23. The van der Waals surface area contributed by atoms with Crippen molar-refractivity contribution in [1.29, 1.82) is 0 Å². The quantitative estimate of drug-likeness (QED) is 0.804. The Morgan fingerprint density at radius 1 is 1.07 bits per heavy atom. The highest BCUT2D eigenvalue weighted by atomic mass is 16.6. The van der Waals surface area contributed by atoms with Crippen LogP contribution >= 0.6 is 0 Å². The summed E-state index contributed by atoms with van der Waals surface area (Å²) in [6.07, 6.45) is 3.05. The lowest BCUT2D eigenvalue weighted by atomic mass is 10.0. The van der Waals surface area contributed by atoms with Crippen molar-refractivity contribution < 1.29 is 23.8 Å². The van der Waals surface area contributed by atoms with Gasteiger partial charge >= 0.3 is 6.09 Å². The largest absolute Gasteiger partial charge is 0.493 e. The average Bonchev–Trinajstić information content (AvgIpc) is 3.23. The molecular formula is C22H29N3O5. The maximum atomic E-state index is 13.1. The molecule has 8 nitrogen and oxygen atoms in total. The summed E-state index contributed by atoms with van der Waals surface area (Å²) in [6, 6.07) is 3.57.